The van der Waals surface area contributed by atoms with Gasteiger partial charge >= 0.3 is 0 Å². The fraction of sp³-hybridized carbons (Fsp3) is 0.692. The molecule has 96 valence electrons. The van der Waals surface area contributed by atoms with Crippen LogP contribution in [0.5, 0.6) is 0 Å². The van der Waals surface area contributed by atoms with Crippen molar-refractivity contribution in [3.8, 4) is 0 Å². The topological polar surface area (TPSA) is 44.1 Å². The van der Waals surface area contributed by atoms with Crippen molar-refractivity contribution in [3.05, 3.63) is 18.0 Å². The quantitative estimate of drug-likeness (QED) is 0.686. The van der Waals surface area contributed by atoms with Crippen LogP contribution in [0.15, 0.2) is 12.4 Å². The molecule has 0 aliphatic heterocycles. The standard InChI is InChI=1S/C13H22N2O2/c1-5-13(6-2,17-8-4)12(16)11-9-14-15(7-3)10-11/h9-10H,5-8H2,1-4H3. The van der Waals surface area contributed by atoms with E-state index in [0.29, 0.717) is 25.0 Å². The summed E-state index contributed by atoms with van der Waals surface area (Å²) < 4.78 is 7.46. The molecule has 0 N–H and O–H groups in total. The van der Waals surface area contributed by atoms with Crippen molar-refractivity contribution in [1.82, 2.24) is 9.78 Å². The molecule has 0 amide bonds. The molecule has 0 spiro atoms. The Kier molecular flexibility index (Phi) is 4.87. The number of hydrogen-bond donors (Lipinski definition) is 0. The Labute approximate surface area is 103 Å². The smallest absolute Gasteiger partial charge is 0.197 e. The molecular weight excluding hydrogens is 216 g/mol. The number of aromatic nitrogens is 2. The summed E-state index contributed by atoms with van der Waals surface area (Å²) in [5.41, 5.74) is -0.0416. The summed E-state index contributed by atoms with van der Waals surface area (Å²) in [6.45, 7) is 9.21. The van der Waals surface area contributed by atoms with Crippen LogP contribution in [-0.2, 0) is 11.3 Å². The molecule has 0 radical (unpaired) electrons. The lowest BCUT2D eigenvalue weighted by molar-refractivity contribution is -0.0250. The van der Waals surface area contributed by atoms with Crippen LogP contribution in [0.2, 0.25) is 0 Å². The van der Waals surface area contributed by atoms with E-state index < -0.39 is 5.60 Å². The lowest BCUT2D eigenvalue weighted by Crippen LogP contribution is -2.40. The van der Waals surface area contributed by atoms with Crippen LogP contribution < -0.4 is 0 Å². The second-order valence-electron chi connectivity index (χ2n) is 4.05. The molecule has 0 aromatic carbocycles. The molecule has 1 heterocycles. The molecule has 17 heavy (non-hydrogen) atoms. The number of carbonyl (C=O) groups excluding carboxylic acids is 1. The molecule has 0 fully saturated rings. The molecule has 1 aromatic rings. The van der Waals surface area contributed by atoms with Gasteiger partial charge in [0, 0.05) is 19.3 Å². The van der Waals surface area contributed by atoms with Gasteiger partial charge in [0.05, 0.1) is 11.8 Å². The summed E-state index contributed by atoms with van der Waals surface area (Å²) in [7, 11) is 0. The second kappa shape index (κ2) is 5.96. The van der Waals surface area contributed by atoms with Crippen molar-refractivity contribution >= 4 is 5.78 Å². The minimum Gasteiger partial charge on any atom is -0.367 e. The van der Waals surface area contributed by atoms with E-state index >= 15 is 0 Å². The molecule has 1 rings (SSSR count). The first-order valence-corrected chi connectivity index (χ1v) is 6.34. The Morgan fingerprint density at radius 2 is 2.00 bits per heavy atom. The molecule has 0 atom stereocenters. The number of Topliss-reactive ketones (excluding diaryl/α,β-unsaturated/α-hetero) is 1. The first-order chi connectivity index (χ1) is 8.13. The van der Waals surface area contributed by atoms with E-state index in [9.17, 15) is 4.79 Å². The number of hydrogen-bond acceptors (Lipinski definition) is 3. The highest BCUT2D eigenvalue weighted by Gasteiger charge is 2.36. The fourth-order valence-corrected chi connectivity index (χ4v) is 2.03. The average Bonchev–Trinajstić information content (AvgIpc) is 2.84. The molecule has 0 aliphatic rings. The normalized spacial score (nSPS) is 11.8. The van der Waals surface area contributed by atoms with Gasteiger partial charge in [-0.25, -0.2) is 0 Å². The largest absolute Gasteiger partial charge is 0.367 e. The number of rotatable bonds is 7. The number of ketones is 1. The first-order valence-electron chi connectivity index (χ1n) is 6.34. The van der Waals surface area contributed by atoms with Gasteiger partial charge in [0.25, 0.3) is 0 Å². The predicted octanol–water partition coefficient (Wildman–Crippen LogP) is 2.68. The molecule has 0 saturated carbocycles. The number of carbonyl (C=O) groups is 1. The van der Waals surface area contributed by atoms with Gasteiger partial charge in [-0.1, -0.05) is 13.8 Å². The summed E-state index contributed by atoms with van der Waals surface area (Å²) in [6.07, 6.45) is 4.80. The number of aryl methyl sites for hydroxylation is 1. The van der Waals surface area contributed by atoms with Crippen molar-refractivity contribution in [2.24, 2.45) is 0 Å². The van der Waals surface area contributed by atoms with Crippen LogP contribution in [0.25, 0.3) is 0 Å². The van der Waals surface area contributed by atoms with Gasteiger partial charge in [0.2, 0.25) is 0 Å². The fourth-order valence-electron chi connectivity index (χ4n) is 2.03. The highest BCUT2D eigenvalue weighted by molar-refractivity contribution is 6.02. The minimum atomic E-state index is -0.684. The van der Waals surface area contributed by atoms with E-state index in [0.717, 1.165) is 6.54 Å². The predicted molar refractivity (Wildman–Crippen MR) is 67.2 cm³/mol. The van der Waals surface area contributed by atoms with Gasteiger partial charge in [0.15, 0.2) is 5.78 Å². The monoisotopic (exact) mass is 238 g/mol. The Morgan fingerprint density at radius 1 is 1.35 bits per heavy atom. The van der Waals surface area contributed by atoms with Crippen molar-refractivity contribution < 1.29 is 9.53 Å². The average molecular weight is 238 g/mol. The maximum absolute atomic E-state index is 12.5. The molecule has 1 aromatic heterocycles. The molecule has 4 nitrogen and oxygen atoms in total. The van der Waals surface area contributed by atoms with Crippen LogP contribution in [-0.4, -0.2) is 27.8 Å². The third kappa shape index (κ3) is 2.75. The molecular formula is C13H22N2O2. The van der Waals surface area contributed by atoms with Crippen LogP contribution in [0, 0.1) is 0 Å². The molecule has 4 heteroatoms. The van der Waals surface area contributed by atoms with E-state index in [-0.39, 0.29) is 5.78 Å². The van der Waals surface area contributed by atoms with E-state index in [1.54, 1.807) is 17.1 Å². The number of ether oxygens (including phenoxy) is 1. The van der Waals surface area contributed by atoms with Crippen molar-refractivity contribution in [1.29, 1.82) is 0 Å². The maximum atomic E-state index is 12.5. The van der Waals surface area contributed by atoms with E-state index in [4.69, 9.17) is 4.74 Å². The number of nitrogens with zero attached hydrogens (tertiary/aromatic N) is 2. The van der Waals surface area contributed by atoms with Gasteiger partial charge in [-0.15, -0.1) is 0 Å². The van der Waals surface area contributed by atoms with Crippen molar-refractivity contribution in [2.75, 3.05) is 6.61 Å². The zero-order valence-corrected chi connectivity index (χ0v) is 11.2. The van der Waals surface area contributed by atoms with E-state index in [1.807, 2.05) is 27.7 Å². The lowest BCUT2D eigenvalue weighted by atomic mass is 9.89. The summed E-state index contributed by atoms with van der Waals surface area (Å²) in [4.78, 5) is 12.5. The van der Waals surface area contributed by atoms with E-state index in [1.165, 1.54) is 0 Å². The Balaban J connectivity index is 2.98. The Bertz CT molecular complexity index is 367. The van der Waals surface area contributed by atoms with Crippen LogP contribution in [0.3, 0.4) is 0 Å². The van der Waals surface area contributed by atoms with Crippen LogP contribution in [0.1, 0.15) is 50.9 Å². The summed E-state index contributed by atoms with van der Waals surface area (Å²) in [5, 5.41) is 4.14. The Morgan fingerprint density at radius 3 is 2.41 bits per heavy atom. The van der Waals surface area contributed by atoms with Crippen molar-refractivity contribution in [2.45, 2.75) is 52.7 Å². The SMILES string of the molecule is CCOC(CC)(CC)C(=O)c1cnn(CC)c1. The highest BCUT2D eigenvalue weighted by Crippen LogP contribution is 2.25. The molecule has 0 unspecified atom stereocenters. The summed E-state index contributed by atoms with van der Waals surface area (Å²) in [5.74, 6) is 0.0454. The van der Waals surface area contributed by atoms with Gasteiger partial charge in [-0.2, -0.15) is 5.10 Å². The van der Waals surface area contributed by atoms with Crippen LogP contribution >= 0.6 is 0 Å². The molecule has 0 saturated heterocycles. The third-order valence-corrected chi connectivity index (χ3v) is 3.20. The summed E-state index contributed by atoms with van der Waals surface area (Å²) >= 11 is 0. The highest BCUT2D eigenvalue weighted by atomic mass is 16.5. The zero-order chi connectivity index (χ0) is 12.9. The second-order valence-corrected chi connectivity index (χ2v) is 4.05. The summed E-state index contributed by atoms with van der Waals surface area (Å²) in [6, 6.07) is 0. The van der Waals surface area contributed by atoms with Crippen LogP contribution in [0.4, 0.5) is 0 Å². The molecule has 0 aliphatic carbocycles. The van der Waals surface area contributed by atoms with E-state index in [2.05, 4.69) is 5.10 Å². The van der Waals surface area contributed by atoms with Gasteiger partial charge in [-0.3, -0.25) is 9.48 Å². The molecule has 0 bridgehead atoms. The Hall–Kier alpha value is -1.16. The van der Waals surface area contributed by atoms with Gasteiger partial charge < -0.3 is 4.74 Å². The van der Waals surface area contributed by atoms with Gasteiger partial charge in [-0.05, 0) is 26.7 Å². The zero-order valence-electron chi connectivity index (χ0n) is 11.2. The van der Waals surface area contributed by atoms with Crippen molar-refractivity contribution in [3.63, 3.8) is 0 Å². The minimum absolute atomic E-state index is 0.0454. The third-order valence-electron chi connectivity index (χ3n) is 3.20. The lowest BCUT2D eigenvalue weighted by Gasteiger charge is -2.29. The first kappa shape index (κ1) is 13.9. The maximum Gasteiger partial charge on any atom is 0.197 e. The van der Waals surface area contributed by atoms with Gasteiger partial charge in [0.1, 0.15) is 5.60 Å².